The van der Waals surface area contributed by atoms with Crippen LogP contribution in [0.2, 0.25) is 0 Å². The molecule has 2 nitrogen and oxygen atoms in total. The van der Waals surface area contributed by atoms with Crippen molar-refractivity contribution in [2.75, 3.05) is 0 Å². The number of ketones is 1. The average molecular weight is 256 g/mol. The largest absolute Gasteiger partial charge is 0.466 e. The Bertz CT molecular complexity index is 606. The van der Waals surface area contributed by atoms with Crippen LogP contribution in [-0.4, -0.2) is 5.78 Å². The van der Waals surface area contributed by atoms with Crippen LogP contribution in [-0.2, 0) is 6.42 Å². The van der Waals surface area contributed by atoms with Crippen LogP contribution < -0.4 is 0 Å². The van der Waals surface area contributed by atoms with Crippen molar-refractivity contribution >= 4 is 5.78 Å². The zero-order chi connectivity index (χ0) is 14.0. The Kier molecular flexibility index (Phi) is 3.89. The number of benzene rings is 1. The van der Waals surface area contributed by atoms with Crippen molar-refractivity contribution in [1.29, 1.82) is 0 Å². The Morgan fingerprint density at radius 1 is 1.16 bits per heavy atom. The van der Waals surface area contributed by atoms with E-state index in [2.05, 4.69) is 13.0 Å². The summed E-state index contributed by atoms with van der Waals surface area (Å²) in [6, 6.07) is 7.90. The molecule has 2 rings (SSSR count). The van der Waals surface area contributed by atoms with Gasteiger partial charge in [-0.25, -0.2) is 0 Å². The molecule has 0 aliphatic rings. The van der Waals surface area contributed by atoms with Gasteiger partial charge in [0.1, 0.15) is 11.5 Å². The van der Waals surface area contributed by atoms with Crippen LogP contribution in [0.4, 0.5) is 0 Å². The summed E-state index contributed by atoms with van der Waals surface area (Å²) >= 11 is 0. The molecule has 0 saturated heterocycles. The minimum atomic E-state index is 0.0600. The molecule has 0 aliphatic heterocycles. The van der Waals surface area contributed by atoms with E-state index in [1.165, 1.54) is 5.56 Å². The van der Waals surface area contributed by atoms with Crippen LogP contribution in [0.5, 0.6) is 0 Å². The van der Waals surface area contributed by atoms with E-state index in [0.717, 1.165) is 29.7 Å². The van der Waals surface area contributed by atoms with E-state index in [4.69, 9.17) is 4.42 Å². The topological polar surface area (TPSA) is 30.2 Å². The normalized spacial score (nSPS) is 10.7. The van der Waals surface area contributed by atoms with Gasteiger partial charge in [0, 0.05) is 11.1 Å². The first-order valence-electron chi connectivity index (χ1n) is 6.74. The van der Waals surface area contributed by atoms with Gasteiger partial charge in [-0.1, -0.05) is 31.5 Å². The Balaban J connectivity index is 2.41. The van der Waals surface area contributed by atoms with Crippen LogP contribution in [0.15, 0.2) is 28.7 Å². The van der Waals surface area contributed by atoms with E-state index in [-0.39, 0.29) is 5.78 Å². The van der Waals surface area contributed by atoms with Crippen molar-refractivity contribution in [3.05, 3.63) is 58.0 Å². The van der Waals surface area contributed by atoms with Crippen molar-refractivity contribution in [3.63, 3.8) is 0 Å². The Labute approximate surface area is 114 Å². The van der Waals surface area contributed by atoms with Gasteiger partial charge in [-0.2, -0.15) is 0 Å². The van der Waals surface area contributed by atoms with Gasteiger partial charge >= 0.3 is 0 Å². The van der Waals surface area contributed by atoms with E-state index in [0.29, 0.717) is 11.3 Å². The second kappa shape index (κ2) is 5.43. The van der Waals surface area contributed by atoms with E-state index in [9.17, 15) is 4.79 Å². The minimum Gasteiger partial charge on any atom is -0.466 e. The lowest BCUT2D eigenvalue weighted by atomic mass is 9.97. The summed E-state index contributed by atoms with van der Waals surface area (Å²) in [6.45, 7) is 7.83. The molecule has 0 atom stereocenters. The summed E-state index contributed by atoms with van der Waals surface area (Å²) in [4.78, 5) is 12.6. The molecular formula is C17H20O2. The maximum Gasteiger partial charge on any atom is 0.196 e. The first kappa shape index (κ1) is 13.6. The summed E-state index contributed by atoms with van der Waals surface area (Å²) in [5.74, 6) is 1.59. The van der Waals surface area contributed by atoms with Crippen LogP contribution in [0.3, 0.4) is 0 Å². The van der Waals surface area contributed by atoms with E-state index >= 15 is 0 Å². The minimum absolute atomic E-state index is 0.0600. The molecule has 0 amide bonds. The van der Waals surface area contributed by atoms with Gasteiger partial charge in [-0.3, -0.25) is 4.79 Å². The highest BCUT2D eigenvalue weighted by Gasteiger charge is 2.19. The summed E-state index contributed by atoms with van der Waals surface area (Å²) in [7, 11) is 0. The zero-order valence-electron chi connectivity index (χ0n) is 12.0. The Hall–Kier alpha value is -1.83. The van der Waals surface area contributed by atoms with Gasteiger partial charge in [0.2, 0.25) is 0 Å². The smallest absolute Gasteiger partial charge is 0.196 e. The van der Waals surface area contributed by atoms with Gasteiger partial charge in [0.25, 0.3) is 0 Å². The first-order chi connectivity index (χ1) is 9.04. The fourth-order valence-corrected chi connectivity index (χ4v) is 2.43. The van der Waals surface area contributed by atoms with E-state index in [1.54, 1.807) is 0 Å². The third-order valence-electron chi connectivity index (χ3n) is 3.52. The highest BCUT2D eigenvalue weighted by Crippen LogP contribution is 2.24. The van der Waals surface area contributed by atoms with Gasteiger partial charge in [-0.15, -0.1) is 0 Å². The molecule has 1 aromatic heterocycles. The number of furan rings is 1. The molecule has 2 aromatic rings. The monoisotopic (exact) mass is 256 g/mol. The van der Waals surface area contributed by atoms with Crippen molar-refractivity contribution in [2.45, 2.75) is 40.5 Å². The average Bonchev–Trinajstić information content (AvgIpc) is 2.63. The first-order valence-corrected chi connectivity index (χ1v) is 6.74. The molecule has 0 fully saturated rings. The van der Waals surface area contributed by atoms with Crippen molar-refractivity contribution < 1.29 is 9.21 Å². The second-order valence-corrected chi connectivity index (χ2v) is 4.99. The van der Waals surface area contributed by atoms with Crippen molar-refractivity contribution in [1.82, 2.24) is 0 Å². The van der Waals surface area contributed by atoms with Crippen LogP contribution in [0.1, 0.15) is 51.9 Å². The third-order valence-corrected chi connectivity index (χ3v) is 3.52. The number of aryl methyl sites for hydroxylation is 3. The summed E-state index contributed by atoms with van der Waals surface area (Å²) in [6.07, 6.45) is 2.09. The standard InChI is InChI=1S/C17H20O2/c1-5-7-14-8-6-9-15(10-14)17(18)16-11(2)12(3)19-13(16)4/h6,8-10H,5,7H2,1-4H3. The van der Waals surface area contributed by atoms with Crippen molar-refractivity contribution in [3.8, 4) is 0 Å². The summed E-state index contributed by atoms with van der Waals surface area (Å²) in [5, 5.41) is 0. The number of rotatable bonds is 4. The summed E-state index contributed by atoms with van der Waals surface area (Å²) in [5.41, 5.74) is 3.62. The molecule has 0 bridgehead atoms. The molecule has 2 heteroatoms. The summed E-state index contributed by atoms with van der Waals surface area (Å²) < 4.78 is 5.54. The lowest BCUT2D eigenvalue weighted by molar-refractivity contribution is 0.103. The predicted octanol–water partition coefficient (Wildman–Crippen LogP) is 4.39. The SMILES string of the molecule is CCCc1cccc(C(=O)c2c(C)oc(C)c2C)c1. The number of carbonyl (C=O) groups is 1. The molecule has 0 saturated carbocycles. The fraction of sp³-hybridized carbons (Fsp3) is 0.353. The molecule has 1 heterocycles. The molecule has 0 spiro atoms. The zero-order valence-corrected chi connectivity index (χ0v) is 12.0. The van der Waals surface area contributed by atoms with Gasteiger partial charge in [0.15, 0.2) is 5.78 Å². The Morgan fingerprint density at radius 2 is 1.89 bits per heavy atom. The molecule has 0 radical (unpaired) electrons. The van der Waals surface area contributed by atoms with Crippen LogP contribution in [0.25, 0.3) is 0 Å². The number of hydrogen-bond acceptors (Lipinski definition) is 2. The third kappa shape index (κ3) is 2.62. The molecule has 0 unspecified atom stereocenters. The highest BCUT2D eigenvalue weighted by atomic mass is 16.3. The molecular weight excluding hydrogens is 236 g/mol. The second-order valence-electron chi connectivity index (χ2n) is 4.99. The molecule has 19 heavy (non-hydrogen) atoms. The Morgan fingerprint density at radius 3 is 2.47 bits per heavy atom. The van der Waals surface area contributed by atoms with E-state index < -0.39 is 0 Å². The maximum absolute atomic E-state index is 12.6. The van der Waals surface area contributed by atoms with Crippen LogP contribution >= 0.6 is 0 Å². The van der Waals surface area contributed by atoms with Crippen LogP contribution in [0, 0.1) is 20.8 Å². The number of hydrogen-bond donors (Lipinski definition) is 0. The predicted molar refractivity (Wildman–Crippen MR) is 76.8 cm³/mol. The van der Waals surface area contributed by atoms with Gasteiger partial charge in [0.05, 0.1) is 5.56 Å². The van der Waals surface area contributed by atoms with Crippen molar-refractivity contribution in [2.24, 2.45) is 0 Å². The molecule has 0 aliphatic carbocycles. The molecule has 100 valence electrons. The molecule has 1 aromatic carbocycles. The fourth-order valence-electron chi connectivity index (χ4n) is 2.43. The van der Waals surface area contributed by atoms with Gasteiger partial charge in [-0.05, 0) is 38.8 Å². The highest BCUT2D eigenvalue weighted by molar-refractivity contribution is 6.10. The van der Waals surface area contributed by atoms with Gasteiger partial charge < -0.3 is 4.42 Å². The maximum atomic E-state index is 12.6. The lowest BCUT2D eigenvalue weighted by Crippen LogP contribution is -2.04. The molecule has 0 N–H and O–H groups in total. The van der Waals surface area contributed by atoms with E-state index in [1.807, 2.05) is 39.0 Å². The quantitative estimate of drug-likeness (QED) is 0.759. The lowest BCUT2D eigenvalue weighted by Gasteiger charge is -2.04. The number of carbonyl (C=O) groups excluding carboxylic acids is 1.